The van der Waals surface area contributed by atoms with Gasteiger partial charge in [-0.15, -0.1) is 0 Å². The molecule has 0 unspecified atom stereocenters. The molecule has 114 valence electrons. The van der Waals surface area contributed by atoms with E-state index in [1.807, 2.05) is 36.4 Å². The van der Waals surface area contributed by atoms with Crippen molar-refractivity contribution in [3.05, 3.63) is 59.3 Å². The van der Waals surface area contributed by atoms with Crippen LogP contribution in [0.1, 0.15) is 21.5 Å². The van der Waals surface area contributed by atoms with E-state index in [0.717, 1.165) is 11.1 Å². The number of rotatable bonds is 5. The number of nitrogens with zero attached hydrogens (tertiary/aromatic N) is 2. The van der Waals surface area contributed by atoms with Gasteiger partial charge < -0.3 is 10.6 Å². The van der Waals surface area contributed by atoms with Crippen molar-refractivity contribution in [2.24, 2.45) is 0 Å². The molecule has 1 heterocycles. The zero-order chi connectivity index (χ0) is 15.9. The highest BCUT2D eigenvalue weighted by Crippen LogP contribution is 2.13. The first kappa shape index (κ1) is 15.7. The van der Waals surface area contributed by atoms with Crippen LogP contribution in [-0.4, -0.2) is 36.1 Å². The van der Waals surface area contributed by atoms with Crippen LogP contribution >= 0.6 is 0 Å². The van der Waals surface area contributed by atoms with Crippen molar-refractivity contribution in [2.45, 2.75) is 0 Å². The Labute approximate surface area is 129 Å². The topological polar surface area (TPSA) is 59.2 Å². The van der Waals surface area contributed by atoms with E-state index in [1.165, 1.54) is 4.90 Å². The summed E-state index contributed by atoms with van der Waals surface area (Å²) in [5.41, 5.74) is 8.08. The highest BCUT2D eigenvalue weighted by atomic mass is 19.1. The van der Waals surface area contributed by atoms with Gasteiger partial charge in [-0.2, -0.15) is 0 Å². The fraction of sp³-hybridized carbons (Fsp3) is 0.176. The summed E-state index contributed by atoms with van der Waals surface area (Å²) < 4.78 is 12.3. The fourth-order valence-corrected chi connectivity index (χ4v) is 1.94. The summed E-state index contributed by atoms with van der Waals surface area (Å²) >= 11 is 0. The molecule has 0 spiro atoms. The first-order valence-electron chi connectivity index (χ1n) is 6.92. The Kier molecular flexibility index (Phi) is 5.25. The molecule has 0 saturated carbocycles. The van der Waals surface area contributed by atoms with Crippen LogP contribution in [0, 0.1) is 0 Å². The number of benzene rings is 1. The Morgan fingerprint density at radius 3 is 2.64 bits per heavy atom. The molecule has 0 bridgehead atoms. The zero-order valence-electron chi connectivity index (χ0n) is 12.4. The van der Waals surface area contributed by atoms with Gasteiger partial charge in [0.15, 0.2) is 0 Å². The Hall–Kier alpha value is -2.69. The van der Waals surface area contributed by atoms with Crippen LogP contribution in [0.2, 0.25) is 0 Å². The van der Waals surface area contributed by atoms with E-state index in [9.17, 15) is 9.18 Å². The molecular weight excluding hydrogens is 281 g/mol. The van der Waals surface area contributed by atoms with Crippen LogP contribution < -0.4 is 5.73 Å². The number of pyridine rings is 1. The first-order valence-corrected chi connectivity index (χ1v) is 6.92. The summed E-state index contributed by atoms with van der Waals surface area (Å²) in [5.74, 6) is 0.281. The predicted molar refractivity (Wildman–Crippen MR) is 87.0 cm³/mol. The lowest BCUT2D eigenvalue weighted by Gasteiger charge is -2.15. The Balaban J connectivity index is 2.09. The number of aromatic nitrogens is 1. The molecule has 4 nitrogen and oxygen atoms in total. The van der Waals surface area contributed by atoms with E-state index >= 15 is 0 Å². The maximum Gasteiger partial charge on any atom is 0.253 e. The van der Waals surface area contributed by atoms with E-state index < -0.39 is 6.67 Å². The third-order valence-corrected chi connectivity index (χ3v) is 3.25. The van der Waals surface area contributed by atoms with E-state index in [1.54, 1.807) is 25.4 Å². The van der Waals surface area contributed by atoms with Gasteiger partial charge in [0.25, 0.3) is 5.91 Å². The standard InChI is InChI=1S/C17H18FN3O/c1-21(12-10-18)17(22)15-8-5-13(6-9-15)4-7-14-3-2-11-20-16(14)19/h2-9,11H,10,12H2,1H3,(H2,19,20)/b7-4+. The highest BCUT2D eigenvalue weighted by Gasteiger charge is 2.10. The van der Waals surface area contributed by atoms with Crippen molar-refractivity contribution < 1.29 is 9.18 Å². The second kappa shape index (κ2) is 7.36. The van der Waals surface area contributed by atoms with Gasteiger partial charge in [0.05, 0.1) is 0 Å². The average Bonchev–Trinajstić information content (AvgIpc) is 2.54. The van der Waals surface area contributed by atoms with Crippen LogP contribution in [0.4, 0.5) is 10.2 Å². The number of anilines is 1. The molecule has 1 amide bonds. The van der Waals surface area contributed by atoms with Gasteiger partial charge in [0, 0.05) is 30.9 Å². The number of halogens is 1. The minimum absolute atomic E-state index is 0.0980. The van der Waals surface area contributed by atoms with Gasteiger partial charge in [-0.25, -0.2) is 9.37 Å². The smallest absolute Gasteiger partial charge is 0.253 e. The maximum absolute atomic E-state index is 12.3. The number of carbonyl (C=O) groups excluding carboxylic acids is 1. The maximum atomic E-state index is 12.3. The van der Waals surface area contributed by atoms with Gasteiger partial charge in [-0.1, -0.05) is 24.3 Å². The summed E-state index contributed by atoms with van der Waals surface area (Å²) in [7, 11) is 1.58. The Morgan fingerprint density at radius 1 is 1.27 bits per heavy atom. The lowest BCUT2D eigenvalue weighted by Crippen LogP contribution is -2.28. The third-order valence-electron chi connectivity index (χ3n) is 3.25. The molecule has 0 radical (unpaired) electrons. The second-order valence-corrected chi connectivity index (χ2v) is 4.85. The monoisotopic (exact) mass is 299 g/mol. The van der Waals surface area contributed by atoms with Crippen LogP contribution in [-0.2, 0) is 0 Å². The Morgan fingerprint density at radius 2 is 2.00 bits per heavy atom. The van der Waals surface area contributed by atoms with Crippen LogP contribution in [0.15, 0.2) is 42.6 Å². The molecule has 2 N–H and O–H groups in total. The molecule has 22 heavy (non-hydrogen) atoms. The van der Waals surface area contributed by atoms with Crippen molar-refractivity contribution in [1.29, 1.82) is 0 Å². The lowest BCUT2D eigenvalue weighted by molar-refractivity contribution is 0.0786. The molecule has 0 aliphatic rings. The van der Waals surface area contributed by atoms with E-state index in [2.05, 4.69) is 4.98 Å². The van der Waals surface area contributed by atoms with E-state index in [-0.39, 0.29) is 12.5 Å². The summed E-state index contributed by atoms with van der Waals surface area (Å²) in [5, 5.41) is 0. The van der Waals surface area contributed by atoms with E-state index in [4.69, 9.17) is 5.73 Å². The molecule has 0 fully saturated rings. The zero-order valence-corrected chi connectivity index (χ0v) is 12.4. The molecule has 0 aliphatic heterocycles. The van der Waals surface area contributed by atoms with Crippen LogP contribution in [0.3, 0.4) is 0 Å². The third kappa shape index (κ3) is 3.91. The average molecular weight is 299 g/mol. The normalized spacial score (nSPS) is 10.8. The first-order chi connectivity index (χ1) is 10.6. The second-order valence-electron chi connectivity index (χ2n) is 4.85. The fourth-order valence-electron chi connectivity index (χ4n) is 1.94. The molecule has 0 atom stereocenters. The van der Waals surface area contributed by atoms with Gasteiger partial charge in [0.1, 0.15) is 12.5 Å². The molecule has 1 aromatic heterocycles. The SMILES string of the molecule is CN(CCF)C(=O)c1ccc(/C=C/c2cccnc2N)cc1. The quantitative estimate of drug-likeness (QED) is 0.923. The largest absolute Gasteiger partial charge is 0.383 e. The summed E-state index contributed by atoms with van der Waals surface area (Å²) in [6.45, 7) is -0.448. The van der Waals surface area contributed by atoms with Crippen LogP contribution in [0.25, 0.3) is 12.2 Å². The van der Waals surface area contributed by atoms with E-state index in [0.29, 0.717) is 11.4 Å². The number of hydrogen-bond donors (Lipinski definition) is 1. The molecule has 1 aromatic carbocycles. The van der Waals surface area contributed by atoms with Gasteiger partial charge in [0.2, 0.25) is 0 Å². The predicted octanol–water partition coefficient (Wildman–Crippen LogP) is 2.88. The van der Waals surface area contributed by atoms with Gasteiger partial charge >= 0.3 is 0 Å². The van der Waals surface area contributed by atoms with Crippen molar-refractivity contribution in [3.63, 3.8) is 0 Å². The minimum Gasteiger partial charge on any atom is -0.383 e. The minimum atomic E-state index is -0.546. The molecule has 0 aliphatic carbocycles. The summed E-state index contributed by atoms with van der Waals surface area (Å²) in [6.07, 6.45) is 5.41. The molecule has 2 aromatic rings. The number of nitrogen functional groups attached to an aromatic ring is 1. The van der Waals surface area contributed by atoms with Crippen molar-refractivity contribution >= 4 is 23.9 Å². The number of alkyl halides is 1. The summed E-state index contributed by atoms with van der Waals surface area (Å²) in [6, 6.07) is 10.8. The van der Waals surface area contributed by atoms with Crippen molar-refractivity contribution in [2.75, 3.05) is 26.0 Å². The highest BCUT2D eigenvalue weighted by molar-refractivity contribution is 5.94. The van der Waals surface area contributed by atoms with Crippen LogP contribution in [0.5, 0.6) is 0 Å². The molecular formula is C17H18FN3O. The van der Waals surface area contributed by atoms with Gasteiger partial charge in [-0.3, -0.25) is 4.79 Å². The number of hydrogen-bond acceptors (Lipinski definition) is 3. The van der Waals surface area contributed by atoms with Crippen molar-refractivity contribution in [1.82, 2.24) is 9.88 Å². The molecule has 0 saturated heterocycles. The number of amides is 1. The lowest BCUT2D eigenvalue weighted by atomic mass is 10.1. The van der Waals surface area contributed by atoms with Gasteiger partial charge in [-0.05, 0) is 29.8 Å². The Bertz CT molecular complexity index is 668. The molecule has 2 rings (SSSR count). The van der Waals surface area contributed by atoms with Crippen molar-refractivity contribution in [3.8, 4) is 0 Å². The number of nitrogens with two attached hydrogens (primary N) is 1. The summed E-state index contributed by atoms with van der Waals surface area (Å²) in [4.78, 5) is 17.4. The molecule has 5 heteroatoms. The number of carbonyl (C=O) groups is 1.